The summed E-state index contributed by atoms with van der Waals surface area (Å²) in [6.45, 7) is 3.20. The number of phenols is 3. The van der Waals surface area contributed by atoms with Crippen molar-refractivity contribution in [2.24, 2.45) is 0 Å². The molecule has 1 aliphatic rings. The second kappa shape index (κ2) is 11.9. The summed E-state index contributed by atoms with van der Waals surface area (Å²) >= 11 is 0. The summed E-state index contributed by atoms with van der Waals surface area (Å²) in [5.74, 6) is -1.25. The van der Waals surface area contributed by atoms with E-state index in [0.717, 1.165) is 11.6 Å². The maximum atomic E-state index is 12.3. The number of rotatable bonds is 8. The fourth-order valence-electron chi connectivity index (χ4n) is 3.56. The SMILES string of the molecule is CC(C)=CCc1cc(O)ccc1OC1OC(CO)C(OC(=O)C=Cc2ccc(O)c(O)c2)C(O)C1O. The molecule has 36 heavy (non-hydrogen) atoms. The lowest BCUT2D eigenvalue weighted by Gasteiger charge is -2.41. The Morgan fingerprint density at radius 1 is 1.03 bits per heavy atom. The summed E-state index contributed by atoms with van der Waals surface area (Å²) < 4.78 is 16.6. The van der Waals surface area contributed by atoms with Crippen LogP contribution in [-0.4, -0.2) is 73.9 Å². The van der Waals surface area contributed by atoms with Crippen LogP contribution in [0.4, 0.5) is 0 Å². The van der Waals surface area contributed by atoms with Gasteiger partial charge < -0.3 is 44.8 Å². The standard InChI is InChI=1S/C26H30O10/c1-14(2)3-6-16-12-17(28)7-9-20(16)34-26-24(33)23(32)25(21(13-27)35-26)36-22(31)10-5-15-4-8-18(29)19(30)11-15/h3-5,7-12,21,23-30,32-33H,6,13H2,1-2H3. The van der Waals surface area contributed by atoms with Crippen molar-refractivity contribution in [3.05, 3.63) is 65.3 Å². The number of benzene rings is 2. The Hall–Kier alpha value is -3.57. The number of esters is 1. The van der Waals surface area contributed by atoms with Gasteiger partial charge in [-0.15, -0.1) is 0 Å². The van der Waals surface area contributed by atoms with E-state index < -0.39 is 43.3 Å². The minimum Gasteiger partial charge on any atom is -0.508 e. The van der Waals surface area contributed by atoms with Gasteiger partial charge in [-0.2, -0.15) is 0 Å². The first-order chi connectivity index (χ1) is 17.1. The van der Waals surface area contributed by atoms with E-state index in [-0.39, 0.29) is 17.2 Å². The van der Waals surface area contributed by atoms with Crippen LogP contribution in [0, 0.1) is 0 Å². The smallest absolute Gasteiger partial charge is 0.331 e. The van der Waals surface area contributed by atoms with Gasteiger partial charge in [0.2, 0.25) is 6.29 Å². The highest BCUT2D eigenvalue weighted by molar-refractivity contribution is 5.87. The maximum absolute atomic E-state index is 12.3. The molecule has 0 aliphatic carbocycles. The minimum absolute atomic E-state index is 0.0282. The molecule has 1 saturated heterocycles. The lowest BCUT2D eigenvalue weighted by Crippen LogP contribution is -2.61. The molecular weight excluding hydrogens is 472 g/mol. The molecule has 5 unspecified atom stereocenters. The van der Waals surface area contributed by atoms with Crippen LogP contribution in [0.15, 0.2) is 54.1 Å². The average Bonchev–Trinajstić information content (AvgIpc) is 2.84. The van der Waals surface area contributed by atoms with Crippen molar-refractivity contribution in [1.29, 1.82) is 0 Å². The van der Waals surface area contributed by atoms with E-state index in [1.54, 1.807) is 0 Å². The first-order valence-electron chi connectivity index (χ1n) is 11.2. The van der Waals surface area contributed by atoms with Crippen molar-refractivity contribution in [3.8, 4) is 23.0 Å². The quantitative estimate of drug-likeness (QED) is 0.135. The van der Waals surface area contributed by atoms with Gasteiger partial charge in [0.15, 0.2) is 17.6 Å². The molecule has 5 atom stereocenters. The van der Waals surface area contributed by atoms with Gasteiger partial charge in [0.05, 0.1) is 6.61 Å². The number of carbonyl (C=O) groups excluding carboxylic acids is 1. The number of hydrogen-bond acceptors (Lipinski definition) is 10. The normalized spacial score (nSPS) is 23.9. The lowest BCUT2D eigenvalue weighted by molar-refractivity contribution is -0.280. The Morgan fingerprint density at radius 3 is 2.44 bits per heavy atom. The molecule has 2 aromatic carbocycles. The molecule has 3 rings (SSSR count). The second-order valence-corrected chi connectivity index (χ2v) is 8.59. The lowest BCUT2D eigenvalue weighted by atomic mass is 9.99. The highest BCUT2D eigenvalue weighted by Crippen LogP contribution is 2.30. The van der Waals surface area contributed by atoms with Crippen molar-refractivity contribution in [3.63, 3.8) is 0 Å². The van der Waals surface area contributed by atoms with Crippen molar-refractivity contribution < 1.29 is 49.6 Å². The number of hydrogen-bond donors (Lipinski definition) is 6. The third-order valence-electron chi connectivity index (χ3n) is 5.50. The number of aliphatic hydroxyl groups excluding tert-OH is 3. The predicted molar refractivity (Wildman–Crippen MR) is 128 cm³/mol. The topological polar surface area (TPSA) is 166 Å². The van der Waals surface area contributed by atoms with Gasteiger partial charge in [-0.25, -0.2) is 4.79 Å². The van der Waals surface area contributed by atoms with E-state index >= 15 is 0 Å². The van der Waals surface area contributed by atoms with Crippen LogP contribution < -0.4 is 4.74 Å². The highest BCUT2D eigenvalue weighted by Gasteiger charge is 2.47. The Morgan fingerprint density at radius 2 is 1.78 bits per heavy atom. The Kier molecular flexibility index (Phi) is 8.94. The van der Waals surface area contributed by atoms with Crippen LogP contribution in [0.5, 0.6) is 23.0 Å². The summed E-state index contributed by atoms with van der Waals surface area (Å²) in [5, 5.41) is 59.8. The van der Waals surface area contributed by atoms with Crippen LogP contribution in [0.3, 0.4) is 0 Å². The fourth-order valence-corrected chi connectivity index (χ4v) is 3.56. The molecule has 0 amide bonds. The predicted octanol–water partition coefficient (Wildman–Crippen LogP) is 1.76. The third kappa shape index (κ3) is 6.76. The average molecular weight is 503 g/mol. The van der Waals surface area contributed by atoms with E-state index in [0.29, 0.717) is 23.3 Å². The Labute approximate surface area is 207 Å². The summed E-state index contributed by atoms with van der Waals surface area (Å²) in [7, 11) is 0. The van der Waals surface area contributed by atoms with Gasteiger partial charge in [0.25, 0.3) is 0 Å². The van der Waals surface area contributed by atoms with Crippen LogP contribution >= 0.6 is 0 Å². The molecule has 1 aliphatic heterocycles. The number of ether oxygens (including phenoxy) is 3. The van der Waals surface area contributed by atoms with E-state index in [9.17, 15) is 35.4 Å². The molecule has 1 fully saturated rings. The number of phenolic OH excluding ortho intramolecular Hbond substituents is 3. The van der Waals surface area contributed by atoms with Crippen LogP contribution in [0.1, 0.15) is 25.0 Å². The van der Waals surface area contributed by atoms with E-state index in [1.165, 1.54) is 42.5 Å². The van der Waals surface area contributed by atoms with Crippen molar-refractivity contribution in [2.75, 3.05) is 6.61 Å². The molecule has 0 spiro atoms. The summed E-state index contributed by atoms with van der Waals surface area (Å²) in [5.41, 5.74) is 2.06. The van der Waals surface area contributed by atoms with E-state index in [4.69, 9.17) is 14.2 Å². The summed E-state index contributed by atoms with van der Waals surface area (Å²) in [6, 6.07) is 8.34. The number of aromatic hydroxyl groups is 3. The zero-order valence-corrected chi connectivity index (χ0v) is 19.8. The van der Waals surface area contributed by atoms with Crippen molar-refractivity contribution in [2.45, 2.75) is 51.0 Å². The molecule has 0 aromatic heterocycles. The Bertz CT molecular complexity index is 1120. The molecule has 0 saturated carbocycles. The van der Waals surface area contributed by atoms with Crippen LogP contribution in [0.25, 0.3) is 6.08 Å². The monoisotopic (exact) mass is 502 g/mol. The number of carbonyl (C=O) groups is 1. The minimum atomic E-state index is -1.64. The van der Waals surface area contributed by atoms with Crippen molar-refractivity contribution in [1.82, 2.24) is 0 Å². The van der Waals surface area contributed by atoms with Crippen LogP contribution in [-0.2, 0) is 20.7 Å². The number of aliphatic hydroxyl groups is 3. The van der Waals surface area contributed by atoms with Gasteiger partial charge >= 0.3 is 5.97 Å². The van der Waals surface area contributed by atoms with E-state index in [2.05, 4.69) is 0 Å². The van der Waals surface area contributed by atoms with Gasteiger partial charge in [-0.05, 0) is 62.2 Å². The van der Waals surface area contributed by atoms with Gasteiger partial charge in [0, 0.05) is 11.6 Å². The molecule has 2 aromatic rings. The fraction of sp³-hybridized carbons (Fsp3) is 0.346. The largest absolute Gasteiger partial charge is 0.508 e. The maximum Gasteiger partial charge on any atom is 0.331 e. The van der Waals surface area contributed by atoms with Crippen molar-refractivity contribution >= 4 is 12.0 Å². The van der Waals surface area contributed by atoms with Gasteiger partial charge in [0.1, 0.15) is 29.8 Å². The zero-order chi connectivity index (χ0) is 26.4. The number of allylic oxidation sites excluding steroid dienone is 2. The molecule has 1 heterocycles. The molecule has 194 valence electrons. The van der Waals surface area contributed by atoms with Gasteiger partial charge in [-0.3, -0.25) is 0 Å². The summed E-state index contributed by atoms with van der Waals surface area (Å²) in [4.78, 5) is 12.3. The van der Waals surface area contributed by atoms with E-state index in [1.807, 2.05) is 19.9 Å². The molecule has 0 bridgehead atoms. The molecule has 6 N–H and O–H groups in total. The first kappa shape index (κ1) is 27.0. The molecule has 10 heteroatoms. The molecule has 0 radical (unpaired) electrons. The first-order valence-corrected chi connectivity index (χ1v) is 11.2. The molecular formula is C26H30O10. The zero-order valence-electron chi connectivity index (χ0n) is 19.8. The second-order valence-electron chi connectivity index (χ2n) is 8.59. The van der Waals surface area contributed by atoms with Crippen LogP contribution in [0.2, 0.25) is 0 Å². The third-order valence-corrected chi connectivity index (χ3v) is 5.50. The summed E-state index contributed by atoms with van der Waals surface area (Å²) in [6.07, 6.45) is -2.58. The van der Waals surface area contributed by atoms with Gasteiger partial charge in [-0.1, -0.05) is 17.7 Å². The Balaban J connectivity index is 1.71. The highest BCUT2D eigenvalue weighted by atomic mass is 16.7. The molecule has 10 nitrogen and oxygen atoms in total.